The number of carbonyl (C=O) groups is 1. The molecule has 2 aromatic rings. The van der Waals surface area contributed by atoms with Gasteiger partial charge in [-0.25, -0.2) is 0 Å². The summed E-state index contributed by atoms with van der Waals surface area (Å²) in [4.78, 5) is 10.9. The van der Waals surface area contributed by atoms with Gasteiger partial charge in [0.25, 0.3) is 0 Å². The molecule has 0 bridgehead atoms. The van der Waals surface area contributed by atoms with Crippen LogP contribution in [0.15, 0.2) is 42.1 Å². The minimum Gasteiger partial charge on any atom is -0.369 e. The summed E-state index contributed by atoms with van der Waals surface area (Å²) in [6.45, 7) is 8.67. The van der Waals surface area contributed by atoms with Crippen LogP contribution in [-0.2, 0) is 11.3 Å². The van der Waals surface area contributed by atoms with Crippen molar-refractivity contribution in [3.05, 3.63) is 42.5 Å². The summed E-state index contributed by atoms with van der Waals surface area (Å²) in [5.74, 6) is 1.06. The largest absolute Gasteiger partial charge is 0.369 e. The third kappa shape index (κ3) is 3.76. The molecular weight excluding hydrogens is 296 g/mol. The average molecular weight is 316 g/mol. The predicted molar refractivity (Wildman–Crippen MR) is 89.7 cm³/mol. The fourth-order valence-corrected chi connectivity index (χ4v) is 2.74. The van der Waals surface area contributed by atoms with Gasteiger partial charge in [0.2, 0.25) is 5.91 Å². The van der Waals surface area contributed by atoms with Crippen molar-refractivity contribution in [3.63, 3.8) is 0 Å². The van der Waals surface area contributed by atoms with Crippen molar-refractivity contribution in [3.8, 4) is 11.4 Å². The highest BCUT2D eigenvalue weighted by atomic mass is 32.2. The van der Waals surface area contributed by atoms with Gasteiger partial charge in [-0.1, -0.05) is 56.0 Å². The van der Waals surface area contributed by atoms with E-state index in [0.717, 1.165) is 11.4 Å². The second kappa shape index (κ2) is 7.26. The van der Waals surface area contributed by atoms with Crippen molar-refractivity contribution >= 4 is 17.7 Å². The molecule has 2 rings (SSSR count). The highest BCUT2D eigenvalue weighted by Gasteiger charge is 2.14. The molecule has 0 aliphatic carbocycles. The standard InChI is InChI=1S/C16H20N4OS/c1-4-9-20-15(18-19-16(20)22-10-14(17)21)13-7-5-12(6-8-13)11(2)3/h4-8,11H,1,9-10H2,2-3H3,(H2,17,21). The number of hydrogen-bond donors (Lipinski definition) is 1. The van der Waals surface area contributed by atoms with E-state index in [-0.39, 0.29) is 11.7 Å². The van der Waals surface area contributed by atoms with Crippen molar-refractivity contribution in [2.24, 2.45) is 5.73 Å². The summed E-state index contributed by atoms with van der Waals surface area (Å²) in [7, 11) is 0. The van der Waals surface area contributed by atoms with Crippen molar-refractivity contribution in [2.75, 3.05) is 5.75 Å². The molecule has 0 radical (unpaired) electrons. The summed E-state index contributed by atoms with van der Waals surface area (Å²) in [6, 6.07) is 8.29. The monoisotopic (exact) mass is 316 g/mol. The van der Waals surface area contributed by atoms with E-state index in [1.54, 1.807) is 6.08 Å². The first-order valence-corrected chi connectivity index (χ1v) is 8.07. The molecule has 1 aromatic carbocycles. The number of thioether (sulfide) groups is 1. The highest BCUT2D eigenvalue weighted by Crippen LogP contribution is 2.25. The fraction of sp³-hybridized carbons (Fsp3) is 0.312. The Balaban J connectivity index is 2.33. The van der Waals surface area contributed by atoms with Gasteiger partial charge >= 0.3 is 0 Å². The third-order valence-corrected chi connectivity index (χ3v) is 4.20. The molecule has 0 unspecified atom stereocenters. The number of aromatic nitrogens is 3. The lowest BCUT2D eigenvalue weighted by Gasteiger charge is -2.09. The van der Waals surface area contributed by atoms with Gasteiger partial charge in [-0.3, -0.25) is 9.36 Å². The number of rotatable bonds is 7. The molecule has 1 amide bonds. The number of amides is 1. The lowest BCUT2D eigenvalue weighted by Crippen LogP contribution is -2.13. The lowest BCUT2D eigenvalue weighted by atomic mass is 10.0. The van der Waals surface area contributed by atoms with Crippen LogP contribution in [0.2, 0.25) is 0 Å². The number of carbonyl (C=O) groups excluding carboxylic acids is 1. The summed E-state index contributed by atoms with van der Waals surface area (Å²) in [5.41, 5.74) is 7.46. The Morgan fingerprint density at radius 1 is 1.36 bits per heavy atom. The number of benzene rings is 1. The number of nitrogens with two attached hydrogens (primary N) is 1. The van der Waals surface area contributed by atoms with Gasteiger partial charge in [0.05, 0.1) is 5.75 Å². The van der Waals surface area contributed by atoms with Crippen LogP contribution in [0.1, 0.15) is 25.3 Å². The molecule has 0 saturated carbocycles. The molecular formula is C16H20N4OS. The second-order valence-electron chi connectivity index (χ2n) is 5.24. The summed E-state index contributed by atoms with van der Waals surface area (Å²) in [6.07, 6.45) is 1.78. The Bertz CT molecular complexity index is 661. The maximum Gasteiger partial charge on any atom is 0.227 e. The van der Waals surface area contributed by atoms with Gasteiger partial charge in [-0.05, 0) is 11.5 Å². The Morgan fingerprint density at radius 3 is 2.59 bits per heavy atom. The Hall–Kier alpha value is -2.08. The van der Waals surface area contributed by atoms with E-state index in [1.807, 2.05) is 16.7 Å². The van der Waals surface area contributed by atoms with Gasteiger partial charge < -0.3 is 5.73 Å². The molecule has 0 saturated heterocycles. The van der Waals surface area contributed by atoms with Crippen LogP contribution in [0, 0.1) is 0 Å². The topological polar surface area (TPSA) is 73.8 Å². The predicted octanol–water partition coefficient (Wildman–Crippen LogP) is 2.83. The van der Waals surface area contributed by atoms with Gasteiger partial charge in [0.1, 0.15) is 0 Å². The zero-order valence-corrected chi connectivity index (χ0v) is 13.6. The number of hydrogen-bond acceptors (Lipinski definition) is 4. The molecule has 1 aromatic heterocycles. The maximum atomic E-state index is 10.9. The number of allylic oxidation sites excluding steroid dienone is 1. The van der Waals surface area contributed by atoms with Crippen LogP contribution in [-0.4, -0.2) is 26.4 Å². The van der Waals surface area contributed by atoms with E-state index in [9.17, 15) is 4.79 Å². The molecule has 116 valence electrons. The first-order chi connectivity index (χ1) is 10.5. The fourth-order valence-electron chi connectivity index (χ4n) is 2.06. The minimum absolute atomic E-state index is 0.182. The maximum absolute atomic E-state index is 10.9. The Labute approximate surface area is 134 Å². The van der Waals surface area contributed by atoms with E-state index < -0.39 is 0 Å². The smallest absolute Gasteiger partial charge is 0.227 e. The zero-order valence-electron chi connectivity index (χ0n) is 12.8. The average Bonchev–Trinajstić information content (AvgIpc) is 2.88. The Kier molecular flexibility index (Phi) is 5.38. The van der Waals surface area contributed by atoms with Gasteiger partial charge in [0, 0.05) is 12.1 Å². The summed E-state index contributed by atoms with van der Waals surface area (Å²) >= 11 is 1.29. The third-order valence-electron chi connectivity index (χ3n) is 3.21. The van der Waals surface area contributed by atoms with Crippen LogP contribution < -0.4 is 5.73 Å². The minimum atomic E-state index is -0.374. The van der Waals surface area contributed by atoms with Crippen LogP contribution in [0.4, 0.5) is 0 Å². The van der Waals surface area contributed by atoms with E-state index in [2.05, 4.69) is 42.8 Å². The quantitative estimate of drug-likeness (QED) is 0.629. The first kappa shape index (κ1) is 16.3. The normalized spacial score (nSPS) is 10.9. The van der Waals surface area contributed by atoms with E-state index in [0.29, 0.717) is 17.6 Å². The van der Waals surface area contributed by atoms with E-state index in [4.69, 9.17) is 5.73 Å². The summed E-state index contributed by atoms with van der Waals surface area (Å²) < 4.78 is 1.94. The van der Waals surface area contributed by atoms with E-state index >= 15 is 0 Å². The zero-order chi connectivity index (χ0) is 16.1. The molecule has 2 N–H and O–H groups in total. The SMILES string of the molecule is C=CCn1c(SCC(N)=O)nnc1-c1ccc(C(C)C)cc1. The van der Waals surface area contributed by atoms with Crippen molar-refractivity contribution < 1.29 is 4.79 Å². The molecule has 22 heavy (non-hydrogen) atoms. The molecule has 5 nitrogen and oxygen atoms in total. The highest BCUT2D eigenvalue weighted by molar-refractivity contribution is 7.99. The van der Waals surface area contributed by atoms with Crippen molar-refractivity contribution in [1.82, 2.24) is 14.8 Å². The van der Waals surface area contributed by atoms with Crippen LogP contribution in [0.25, 0.3) is 11.4 Å². The number of primary amides is 1. The van der Waals surface area contributed by atoms with Crippen LogP contribution in [0.5, 0.6) is 0 Å². The Morgan fingerprint density at radius 2 is 2.05 bits per heavy atom. The van der Waals surface area contributed by atoms with Gasteiger partial charge in [0.15, 0.2) is 11.0 Å². The molecule has 0 spiro atoms. The van der Waals surface area contributed by atoms with Gasteiger partial charge in [-0.2, -0.15) is 0 Å². The van der Waals surface area contributed by atoms with Crippen molar-refractivity contribution in [2.45, 2.75) is 31.5 Å². The first-order valence-electron chi connectivity index (χ1n) is 7.08. The molecule has 0 atom stereocenters. The van der Waals surface area contributed by atoms with Gasteiger partial charge in [-0.15, -0.1) is 16.8 Å². The summed E-state index contributed by atoms with van der Waals surface area (Å²) in [5, 5.41) is 9.08. The molecule has 6 heteroatoms. The van der Waals surface area contributed by atoms with Crippen LogP contribution in [0.3, 0.4) is 0 Å². The lowest BCUT2D eigenvalue weighted by molar-refractivity contribution is -0.115. The molecule has 1 heterocycles. The second-order valence-corrected chi connectivity index (χ2v) is 6.18. The van der Waals surface area contributed by atoms with Crippen LogP contribution >= 0.6 is 11.8 Å². The van der Waals surface area contributed by atoms with Crippen molar-refractivity contribution in [1.29, 1.82) is 0 Å². The molecule has 0 aliphatic heterocycles. The molecule has 0 aliphatic rings. The molecule has 0 fully saturated rings. The van der Waals surface area contributed by atoms with E-state index in [1.165, 1.54) is 17.3 Å². The number of nitrogens with zero attached hydrogens (tertiary/aromatic N) is 3.